The Hall–Kier alpha value is -2.99. The molecule has 2 heterocycles. The molecule has 130 valence electrons. The summed E-state index contributed by atoms with van der Waals surface area (Å²) in [6.45, 7) is 0. The van der Waals surface area contributed by atoms with Crippen molar-refractivity contribution in [3.63, 3.8) is 0 Å². The van der Waals surface area contributed by atoms with Crippen molar-refractivity contribution in [2.75, 3.05) is 7.11 Å². The molecule has 0 saturated heterocycles. The monoisotopic (exact) mass is 410 g/mol. The first-order valence-corrected chi connectivity index (χ1v) is 8.55. The number of nitrogens with zero attached hydrogens (tertiary/aromatic N) is 2. The van der Waals surface area contributed by atoms with Crippen molar-refractivity contribution in [2.45, 2.75) is 0 Å². The third-order valence-corrected chi connectivity index (χ3v) is 3.90. The van der Waals surface area contributed by atoms with E-state index in [0.717, 1.165) is 11.3 Å². The number of halogens is 1. The molecule has 0 amide bonds. The van der Waals surface area contributed by atoms with E-state index in [2.05, 4.69) is 25.9 Å². The van der Waals surface area contributed by atoms with E-state index in [-0.39, 0.29) is 0 Å². The van der Waals surface area contributed by atoms with Gasteiger partial charge in [0.1, 0.15) is 0 Å². The Morgan fingerprint density at radius 2 is 1.96 bits per heavy atom. The average Bonchev–Trinajstić information content (AvgIpc) is 2.68. The van der Waals surface area contributed by atoms with Crippen LogP contribution < -0.4 is 9.47 Å². The fourth-order valence-corrected chi connectivity index (χ4v) is 2.58. The van der Waals surface area contributed by atoms with E-state index in [1.165, 1.54) is 13.3 Å². The minimum Gasteiger partial charge on any atom is -0.493 e. The van der Waals surface area contributed by atoms with Crippen molar-refractivity contribution in [3.8, 4) is 11.5 Å². The molecule has 6 heteroatoms. The molecule has 5 nitrogen and oxygen atoms in total. The summed E-state index contributed by atoms with van der Waals surface area (Å²) < 4.78 is 11.5. The maximum atomic E-state index is 12.3. The van der Waals surface area contributed by atoms with Gasteiger partial charge in [-0.1, -0.05) is 18.2 Å². The lowest BCUT2D eigenvalue weighted by molar-refractivity contribution is 0.0729. The standard InChI is InChI=1S/C20H15BrN2O3/c1-25-19-10-14(5-7-17-4-2-3-9-23-17)6-8-18(19)26-20(24)15-11-16(21)13-22-12-15/h2-13H,1H3/b7-5+. The molecule has 3 rings (SSSR count). The Morgan fingerprint density at radius 1 is 1.08 bits per heavy atom. The van der Waals surface area contributed by atoms with Crippen LogP contribution in [0.1, 0.15) is 21.6 Å². The quantitative estimate of drug-likeness (QED) is 0.452. The molecular weight excluding hydrogens is 396 g/mol. The van der Waals surface area contributed by atoms with E-state index in [1.807, 2.05) is 36.4 Å². The molecule has 0 aliphatic heterocycles. The second kappa shape index (κ2) is 8.40. The third kappa shape index (κ3) is 4.55. The smallest absolute Gasteiger partial charge is 0.345 e. The highest BCUT2D eigenvalue weighted by Gasteiger charge is 2.13. The van der Waals surface area contributed by atoms with Gasteiger partial charge in [0.25, 0.3) is 0 Å². The molecule has 0 bridgehead atoms. The van der Waals surface area contributed by atoms with Crippen molar-refractivity contribution in [3.05, 3.63) is 82.3 Å². The average molecular weight is 411 g/mol. The van der Waals surface area contributed by atoms with Gasteiger partial charge in [0.2, 0.25) is 0 Å². The summed E-state index contributed by atoms with van der Waals surface area (Å²) in [6, 6.07) is 12.7. The van der Waals surface area contributed by atoms with Gasteiger partial charge in [0, 0.05) is 23.1 Å². The van der Waals surface area contributed by atoms with Crippen LogP contribution >= 0.6 is 15.9 Å². The van der Waals surface area contributed by atoms with Crippen LogP contribution in [0, 0.1) is 0 Å². The van der Waals surface area contributed by atoms with Gasteiger partial charge in [0.05, 0.1) is 18.4 Å². The minimum atomic E-state index is -0.506. The summed E-state index contributed by atoms with van der Waals surface area (Å²) >= 11 is 3.28. The van der Waals surface area contributed by atoms with Gasteiger partial charge in [-0.2, -0.15) is 0 Å². The zero-order valence-electron chi connectivity index (χ0n) is 13.9. The van der Waals surface area contributed by atoms with E-state index in [4.69, 9.17) is 9.47 Å². The topological polar surface area (TPSA) is 61.3 Å². The number of carbonyl (C=O) groups is 1. The van der Waals surface area contributed by atoms with Crippen LogP contribution in [0.3, 0.4) is 0 Å². The van der Waals surface area contributed by atoms with Gasteiger partial charge in [-0.15, -0.1) is 0 Å². The molecule has 0 unspecified atom stereocenters. The lowest BCUT2D eigenvalue weighted by Crippen LogP contribution is -2.09. The predicted molar refractivity (Wildman–Crippen MR) is 103 cm³/mol. The van der Waals surface area contributed by atoms with E-state index >= 15 is 0 Å². The fourth-order valence-electron chi connectivity index (χ4n) is 2.21. The molecule has 3 aromatic rings. The van der Waals surface area contributed by atoms with Crippen LogP contribution in [0.5, 0.6) is 11.5 Å². The highest BCUT2D eigenvalue weighted by Crippen LogP contribution is 2.29. The zero-order valence-corrected chi connectivity index (χ0v) is 15.5. The van der Waals surface area contributed by atoms with Gasteiger partial charge < -0.3 is 9.47 Å². The molecular formula is C20H15BrN2O3. The summed E-state index contributed by atoms with van der Waals surface area (Å²) in [5.41, 5.74) is 2.10. The summed E-state index contributed by atoms with van der Waals surface area (Å²) in [5, 5.41) is 0. The first-order chi connectivity index (χ1) is 12.7. The van der Waals surface area contributed by atoms with Gasteiger partial charge in [-0.3, -0.25) is 9.97 Å². The molecule has 1 aromatic carbocycles. The Kier molecular flexibility index (Phi) is 5.76. The Morgan fingerprint density at radius 3 is 2.69 bits per heavy atom. The maximum Gasteiger partial charge on any atom is 0.345 e. The molecule has 0 saturated carbocycles. The second-order valence-electron chi connectivity index (χ2n) is 5.28. The Balaban J connectivity index is 1.78. The Bertz CT molecular complexity index is 943. The number of carbonyl (C=O) groups excluding carboxylic acids is 1. The van der Waals surface area contributed by atoms with Crippen molar-refractivity contribution >= 4 is 34.1 Å². The molecule has 0 N–H and O–H groups in total. The van der Waals surface area contributed by atoms with Crippen LogP contribution in [0.15, 0.2) is 65.5 Å². The number of aromatic nitrogens is 2. The molecule has 0 atom stereocenters. The normalized spacial score (nSPS) is 10.7. The largest absolute Gasteiger partial charge is 0.493 e. The van der Waals surface area contributed by atoms with E-state index in [1.54, 1.807) is 30.6 Å². The lowest BCUT2D eigenvalue weighted by atomic mass is 10.1. The van der Waals surface area contributed by atoms with E-state index < -0.39 is 5.97 Å². The first-order valence-electron chi connectivity index (χ1n) is 7.75. The van der Waals surface area contributed by atoms with Gasteiger partial charge >= 0.3 is 5.97 Å². The highest BCUT2D eigenvalue weighted by atomic mass is 79.9. The number of pyridine rings is 2. The molecule has 2 aromatic heterocycles. The molecule has 0 spiro atoms. The molecule has 0 aliphatic carbocycles. The number of methoxy groups -OCH3 is 1. The van der Waals surface area contributed by atoms with E-state index in [9.17, 15) is 4.79 Å². The van der Waals surface area contributed by atoms with Gasteiger partial charge in [0.15, 0.2) is 11.5 Å². The van der Waals surface area contributed by atoms with Gasteiger partial charge in [-0.05, 0) is 57.9 Å². The summed E-state index contributed by atoms with van der Waals surface area (Å²) in [6.07, 6.45) is 8.59. The Labute approximate surface area is 159 Å². The first kappa shape index (κ1) is 17.8. The minimum absolute atomic E-state index is 0.340. The maximum absolute atomic E-state index is 12.3. The van der Waals surface area contributed by atoms with Crippen LogP contribution in [-0.4, -0.2) is 23.0 Å². The number of hydrogen-bond acceptors (Lipinski definition) is 5. The zero-order chi connectivity index (χ0) is 18.4. The number of benzene rings is 1. The van der Waals surface area contributed by atoms with Gasteiger partial charge in [-0.25, -0.2) is 4.79 Å². The van der Waals surface area contributed by atoms with Crippen molar-refractivity contribution in [1.29, 1.82) is 0 Å². The van der Waals surface area contributed by atoms with E-state index in [0.29, 0.717) is 21.5 Å². The number of hydrogen-bond donors (Lipinski definition) is 0. The molecule has 0 fully saturated rings. The predicted octanol–water partition coefficient (Wildman–Crippen LogP) is 4.64. The number of rotatable bonds is 5. The molecule has 0 radical (unpaired) electrons. The molecule has 0 aliphatic rings. The number of esters is 1. The SMILES string of the molecule is COc1cc(/C=C/c2ccccn2)ccc1OC(=O)c1cncc(Br)c1. The fraction of sp³-hybridized carbons (Fsp3) is 0.0500. The lowest BCUT2D eigenvalue weighted by Gasteiger charge is -2.10. The van der Waals surface area contributed by atoms with Crippen molar-refractivity contribution in [2.24, 2.45) is 0 Å². The summed E-state index contributed by atoms with van der Waals surface area (Å²) in [7, 11) is 1.53. The summed E-state index contributed by atoms with van der Waals surface area (Å²) in [4.78, 5) is 20.5. The van der Waals surface area contributed by atoms with Crippen LogP contribution in [0.2, 0.25) is 0 Å². The summed E-state index contributed by atoms with van der Waals surface area (Å²) in [5.74, 6) is 0.297. The highest BCUT2D eigenvalue weighted by molar-refractivity contribution is 9.10. The third-order valence-electron chi connectivity index (χ3n) is 3.47. The van der Waals surface area contributed by atoms with Crippen LogP contribution in [-0.2, 0) is 0 Å². The van der Waals surface area contributed by atoms with Crippen molar-refractivity contribution < 1.29 is 14.3 Å². The number of ether oxygens (including phenoxy) is 2. The van der Waals surface area contributed by atoms with Crippen LogP contribution in [0.4, 0.5) is 0 Å². The van der Waals surface area contributed by atoms with Crippen molar-refractivity contribution in [1.82, 2.24) is 9.97 Å². The van der Waals surface area contributed by atoms with Crippen LogP contribution in [0.25, 0.3) is 12.2 Å². The second-order valence-corrected chi connectivity index (χ2v) is 6.20. The molecule has 26 heavy (non-hydrogen) atoms.